The van der Waals surface area contributed by atoms with Crippen LogP contribution in [0.1, 0.15) is 24.0 Å². The highest BCUT2D eigenvalue weighted by Crippen LogP contribution is 2.21. The van der Waals surface area contributed by atoms with Gasteiger partial charge in [-0.2, -0.15) is 0 Å². The van der Waals surface area contributed by atoms with E-state index in [2.05, 4.69) is 0 Å². The number of hydrogen-bond donors (Lipinski definition) is 2. The van der Waals surface area contributed by atoms with Crippen molar-refractivity contribution in [2.45, 2.75) is 26.2 Å². The van der Waals surface area contributed by atoms with E-state index >= 15 is 0 Å². The smallest absolute Gasteiger partial charge is 0.332 e. The van der Waals surface area contributed by atoms with Gasteiger partial charge in [0.05, 0.1) is 12.8 Å². The second-order valence-corrected chi connectivity index (χ2v) is 6.09. The predicted molar refractivity (Wildman–Crippen MR) is 98.5 cm³/mol. The zero-order valence-electron chi connectivity index (χ0n) is 14.8. The van der Waals surface area contributed by atoms with Gasteiger partial charge in [0, 0.05) is 5.57 Å². The summed E-state index contributed by atoms with van der Waals surface area (Å²) < 4.78 is 5.28. The fraction of sp³-hybridized carbons (Fsp3) is 0.190. The zero-order chi connectivity index (χ0) is 19.8. The molecule has 140 valence electrons. The Bertz CT molecular complexity index is 867. The largest absolute Gasteiger partial charge is 0.481 e. The van der Waals surface area contributed by atoms with E-state index in [-0.39, 0.29) is 24.0 Å². The first-order valence-corrected chi connectivity index (χ1v) is 8.32. The van der Waals surface area contributed by atoms with Crippen LogP contribution in [-0.4, -0.2) is 28.1 Å². The van der Waals surface area contributed by atoms with E-state index in [0.29, 0.717) is 5.75 Å². The summed E-state index contributed by atoms with van der Waals surface area (Å²) in [6, 6.07) is 15.9. The van der Waals surface area contributed by atoms with Gasteiger partial charge in [0.15, 0.2) is 0 Å². The number of ether oxygens (including phenoxy) is 1. The van der Waals surface area contributed by atoms with Crippen LogP contribution in [-0.2, 0) is 20.8 Å². The van der Waals surface area contributed by atoms with Crippen molar-refractivity contribution in [2.24, 2.45) is 0 Å². The van der Waals surface area contributed by atoms with Crippen molar-refractivity contribution in [3.05, 3.63) is 76.9 Å². The van der Waals surface area contributed by atoms with Crippen LogP contribution in [0.15, 0.2) is 65.7 Å². The van der Waals surface area contributed by atoms with Gasteiger partial charge in [-0.3, -0.25) is 9.59 Å². The van der Waals surface area contributed by atoms with Crippen LogP contribution in [0.3, 0.4) is 0 Å². The van der Waals surface area contributed by atoms with Gasteiger partial charge in [0.25, 0.3) is 0 Å². The number of benzene rings is 2. The zero-order valence-corrected chi connectivity index (χ0v) is 14.8. The summed E-state index contributed by atoms with van der Waals surface area (Å²) in [6.45, 7) is 1.85. The van der Waals surface area contributed by atoms with Crippen LogP contribution in [0, 0.1) is 6.92 Å². The molecule has 2 aromatic rings. The van der Waals surface area contributed by atoms with Crippen LogP contribution in [0.4, 0.5) is 0 Å². The molecule has 0 fully saturated rings. The van der Waals surface area contributed by atoms with Crippen molar-refractivity contribution < 1.29 is 29.3 Å². The van der Waals surface area contributed by atoms with Crippen molar-refractivity contribution in [3.63, 3.8) is 0 Å². The second-order valence-electron chi connectivity index (χ2n) is 6.09. The van der Waals surface area contributed by atoms with Gasteiger partial charge >= 0.3 is 17.9 Å². The van der Waals surface area contributed by atoms with Crippen LogP contribution in [0.2, 0.25) is 0 Å². The minimum Gasteiger partial charge on any atom is -0.481 e. The molecular formula is C21H20O6. The summed E-state index contributed by atoms with van der Waals surface area (Å²) in [5.74, 6) is -2.92. The maximum atomic E-state index is 12.3. The summed E-state index contributed by atoms with van der Waals surface area (Å²) in [5, 5.41) is 18.5. The fourth-order valence-electron chi connectivity index (χ4n) is 2.64. The SMILES string of the molecule is Cc1cccc(OC(=O)CC(Cc2ccccc2)=C(CC(=O)O)C(=O)O)c1. The van der Waals surface area contributed by atoms with Gasteiger partial charge in [-0.25, -0.2) is 4.79 Å². The highest BCUT2D eigenvalue weighted by Gasteiger charge is 2.21. The Morgan fingerprint density at radius 3 is 2.22 bits per heavy atom. The van der Waals surface area contributed by atoms with Crippen LogP contribution < -0.4 is 4.74 Å². The number of carboxylic acids is 2. The molecule has 0 saturated carbocycles. The maximum absolute atomic E-state index is 12.3. The average Bonchev–Trinajstić information content (AvgIpc) is 2.59. The van der Waals surface area contributed by atoms with Crippen LogP contribution in [0.5, 0.6) is 5.75 Å². The number of aryl methyl sites for hydroxylation is 1. The Hall–Kier alpha value is -3.41. The Kier molecular flexibility index (Phi) is 6.88. The van der Waals surface area contributed by atoms with Crippen molar-refractivity contribution in [1.82, 2.24) is 0 Å². The minimum atomic E-state index is -1.35. The molecule has 0 aliphatic heterocycles. The Labute approximate surface area is 156 Å². The van der Waals surface area contributed by atoms with Gasteiger partial charge in [0.1, 0.15) is 5.75 Å². The molecule has 0 saturated heterocycles. The summed E-state index contributed by atoms with van der Waals surface area (Å²) in [7, 11) is 0. The third-order valence-electron chi connectivity index (χ3n) is 3.85. The lowest BCUT2D eigenvalue weighted by atomic mass is 9.95. The number of rotatable bonds is 8. The molecule has 0 spiro atoms. The lowest BCUT2D eigenvalue weighted by molar-refractivity contribution is -0.140. The van der Waals surface area contributed by atoms with Crippen molar-refractivity contribution >= 4 is 17.9 Å². The topological polar surface area (TPSA) is 101 Å². The lowest BCUT2D eigenvalue weighted by Crippen LogP contribution is -2.16. The summed E-state index contributed by atoms with van der Waals surface area (Å²) in [4.78, 5) is 35.0. The van der Waals surface area contributed by atoms with E-state index in [4.69, 9.17) is 9.84 Å². The summed E-state index contributed by atoms with van der Waals surface area (Å²) >= 11 is 0. The van der Waals surface area contributed by atoms with Gasteiger partial charge in [0.2, 0.25) is 0 Å². The number of aliphatic carboxylic acids is 2. The van der Waals surface area contributed by atoms with Gasteiger partial charge < -0.3 is 14.9 Å². The molecule has 2 N–H and O–H groups in total. The number of hydrogen-bond acceptors (Lipinski definition) is 4. The molecule has 27 heavy (non-hydrogen) atoms. The maximum Gasteiger partial charge on any atom is 0.332 e. The standard InChI is InChI=1S/C21H20O6/c1-14-6-5-9-17(10-14)27-20(24)12-16(11-15-7-3-2-4-8-15)18(21(25)26)13-19(22)23/h2-10H,11-13H2,1H3,(H,22,23)(H,25,26). The monoisotopic (exact) mass is 368 g/mol. The van der Waals surface area contributed by atoms with Crippen molar-refractivity contribution in [3.8, 4) is 5.75 Å². The summed E-state index contributed by atoms with van der Waals surface area (Å²) in [6.07, 6.45) is -0.828. The molecule has 0 bridgehead atoms. The number of carboxylic acid groups (broad SMARTS) is 2. The third-order valence-corrected chi connectivity index (χ3v) is 3.85. The first kappa shape index (κ1) is 19.9. The number of carbonyl (C=O) groups is 3. The molecule has 0 amide bonds. The van der Waals surface area contributed by atoms with E-state index in [1.807, 2.05) is 19.1 Å². The lowest BCUT2D eigenvalue weighted by Gasteiger charge is -2.12. The van der Waals surface area contributed by atoms with Gasteiger partial charge in [-0.05, 0) is 42.2 Å². The number of carbonyl (C=O) groups excluding carboxylic acids is 1. The first-order valence-electron chi connectivity index (χ1n) is 8.32. The third kappa shape index (κ3) is 6.43. The fourth-order valence-corrected chi connectivity index (χ4v) is 2.64. The van der Waals surface area contributed by atoms with E-state index in [9.17, 15) is 19.5 Å². The molecule has 0 radical (unpaired) electrons. The highest BCUT2D eigenvalue weighted by atomic mass is 16.5. The van der Waals surface area contributed by atoms with E-state index < -0.39 is 24.3 Å². The normalized spacial score (nSPS) is 11.4. The molecule has 6 nitrogen and oxygen atoms in total. The minimum absolute atomic E-state index is 0.151. The average molecular weight is 368 g/mol. The highest BCUT2D eigenvalue weighted by molar-refractivity contribution is 5.94. The van der Waals surface area contributed by atoms with Gasteiger partial charge in [-0.15, -0.1) is 0 Å². The van der Waals surface area contributed by atoms with E-state index in [1.165, 1.54) is 0 Å². The Morgan fingerprint density at radius 1 is 0.926 bits per heavy atom. The quantitative estimate of drug-likeness (QED) is 0.421. The molecule has 0 heterocycles. The molecule has 0 unspecified atom stereocenters. The van der Waals surface area contributed by atoms with E-state index in [1.54, 1.807) is 42.5 Å². The Morgan fingerprint density at radius 2 is 1.63 bits per heavy atom. The van der Waals surface area contributed by atoms with Crippen LogP contribution >= 0.6 is 0 Å². The molecule has 0 atom stereocenters. The number of esters is 1. The van der Waals surface area contributed by atoms with Gasteiger partial charge in [-0.1, -0.05) is 42.5 Å². The predicted octanol–water partition coefficient (Wildman–Crippen LogP) is 3.39. The molecule has 0 aliphatic rings. The van der Waals surface area contributed by atoms with E-state index in [0.717, 1.165) is 11.1 Å². The first-order chi connectivity index (χ1) is 12.8. The molecule has 0 aromatic heterocycles. The van der Waals surface area contributed by atoms with Crippen molar-refractivity contribution in [2.75, 3.05) is 0 Å². The molecule has 2 rings (SSSR count). The molecule has 6 heteroatoms. The Balaban J connectivity index is 2.29. The summed E-state index contributed by atoms with van der Waals surface area (Å²) in [5.41, 5.74) is 1.61. The second kappa shape index (κ2) is 9.33. The molecule has 0 aliphatic carbocycles. The molecule has 2 aromatic carbocycles. The molecular weight excluding hydrogens is 348 g/mol. The van der Waals surface area contributed by atoms with Crippen molar-refractivity contribution in [1.29, 1.82) is 0 Å². The van der Waals surface area contributed by atoms with Crippen LogP contribution in [0.25, 0.3) is 0 Å².